The van der Waals surface area contributed by atoms with Gasteiger partial charge in [-0.15, -0.1) is 0 Å². The third kappa shape index (κ3) is 4.31. The quantitative estimate of drug-likeness (QED) is 0.299. The van der Waals surface area contributed by atoms with Gasteiger partial charge < -0.3 is 4.74 Å². The molecule has 0 N–H and O–H groups in total. The predicted octanol–water partition coefficient (Wildman–Crippen LogP) is 5.21. The first-order valence-electron chi connectivity index (χ1n) is 6.36. The highest BCUT2D eigenvalue weighted by molar-refractivity contribution is 14.1. The van der Waals surface area contributed by atoms with Crippen molar-refractivity contribution in [3.05, 3.63) is 24.6 Å². The summed E-state index contributed by atoms with van der Waals surface area (Å²) in [7, 11) is -1.03. The molecule has 2 rings (SSSR count). The maximum absolute atomic E-state index is 6.14. The molecule has 0 amide bonds. The lowest BCUT2D eigenvalue weighted by Gasteiger charge is -2.16. The molecule has 110 valence electrons. The summed E-state index contributed by atoms with van der Waals surface area (Å²) in [5, 5.41) is 0.749. The van der Waals surface area contributed by atoms with Crippen molar-refractivity contribution in [1.29, 1.82) is 0 Å². The van der Waals surface area contributed by atoms with E-state index in [4.69, 9.17) is 16.3 Å². The summed E-state index contributed by atoms with van der Waals surface area (Å²) in [6, 6.07) is 5.16. The van der Waals surface area contributed by atoms with Gasteiger partial charge >= 0.3 is 0 Å². The highest BCUT2D eigenvalue weighted by atomic mass is 127. The number of ether oxygens (including phenoxy) is 1. The minimum absolute atomic E-state index is 0.553. The Bertz CT molecular complexity index is 625. The lowest BCUT2D eigenvalue weighted by atomic mass is 10.3. The van der Waals surface area contributed by atoms with Crippen molar-refractivity contribution in [1.82, 2.24) is 9.55 Å². The Morgan fingerprint density at radius 3 is 2.65 bits per heavy atom. The van der Waals surface area contributed by atoms with Crippen LogP contribution in [0.2, 0.25) is 30.7 Å². The Morgan fingerprint density at radius 2 is 2.00 bits per heavy atom. The number of hydrogen-bond donors (Lipinski definition) is 0. The molecule has 0 aliphatic heterocycles. The Hall–Kier alpha value is 0.617. The number of hydrogen-bond acceptors (Lipinski definition) is 2. The van der Waals surface area contributed by atoms with E-state index in [1.54, 1.807) is 0 Å². The molecule has 0 aliphatic rings. The molecular weight excluding hydrogens is 518 g/mol. The molecule has 1 aromatic heterocycles. The van der Waals surface area contributed by atoms with E-state index in [2.05, 4.69) is 80.4 Å². The second-order valence-corrected chi connectivity index (χ2v) is 14.1. The van der Waals surface area contributed by atoms with Crippen molar-refractivity contribution in [2.45, 2.75) is 32.4 Å². The van der Waals surface area contributed by atoms with E-state index in [1.807, 2.05) is 6.07 Å². The normalized spacial score (nSPS) is 12.3. The molecule has 0 unspecified atom stereocenters. The van der Waals surface area contributed by atoms with Gasteiger partial charge in [0, 0.05) is 40.8 Å². The lowest BCUT2D eigenvalue weighted by molar-refractivity contribution is 0.0881. The standard InChI is InChI=1S/C13H17ClI2N2OSi/c1-20(2,3)5-4-19-8-18-12-7-10(15)9(14)6-11(12)17-13(18)16/h6-7H,4-5,8H2,1-3H3. The van der Waals surface area contributed by atoms with Crippen LogP contribution >= 0.6 is 56.8 Å². The molecule has 2 aromatic rings. The highest BCUT2D eigenvalue weighted by Gasteiger charge is 2.14. The van der Waals surface area contributed by atoms with Gasteiger partial charge in [-0.1, -0.05) is 31.2 Å². The first kappa shape index (κ1) is 17.0. The van der Waals surface area contributed by atoms with Crippen molar-refractivity contribution < 1.29 is 4.74 Å². The SMILES string of the molecule is C[Si](C)(C)CCOCn1c(I)nc2cc(Cl)c(I)cc21. The average molecular weight is 535 g/mol. The molecule has 0 aliphatic carbocycles. The summed E-state index contributed by atoms with van der Waals surface area (Å²) < 4.78 is 9.90. The van der Waals surface area contributed by atoms with Gasteiger partial charge in [0.1, 0.15) is 6.73 Å². The van der Waals surface area contributed by atoms with E-state index in [0.717, 1.165) is 30.1 Å². The second-order valence-electron chi connectivity index (χ2n) is 5.91. The predicted molar refractivity (Wildman–Crippen MR) is 104 cm³/mol. The van der Waals surface area contributed by atoms with Crippen molar-refractivity contribution in [3.8, 4) is 0 Å². The van der Waals surface area contributed by atoms with Gasteiger partial charge in [0.05, 0.1) is 16.1 Å². The fraction of sp³-hybridized carbons (Fsp3) is 0.462. The third-order valence-electron chi connectivity index (χ3n) is 2.96. The van der Waals surface area contributed by atoms with Crippen LogP contribution in [0, 0.1) is 7.40 Å². The zero-order valence-corrected chi connectivity index (χ0v) is 17.8. The fourth-order valence-corrected chi connectivity index (χ4v) is 3.77. The van der Waals surface area contributed by atoms with Crippen LogP contribution in [0.15, 0.2) is 12.1 Å². The average Bonchev–Trinajstić information content (AvgIpc) is 2.60. The molecule has 0 fully saturated rings. The van der Waals surface area contributed by atoms with Crippen LogP contribution in [0.25, 0.3) is 11.0 Å². The molecule has 0 atom stereocenters. The van der Waals surface area contributed by atoms with Gasteiger partial charge in [-0.3, -0.25) is 4.57 Å². The smallest absolute Gasteiger partial charge is 0.174 e. The third-order valence-corrected chi connectivity index (χ3v) is 7.01. The summed E-state index contributed by atoms with van der Waals surface area (Å²) in [6.07, 6.45) is 0. The molecule has 0 bridgehead atoms. The van der Waals surface area contributed by atoms with Gasteiger partial charge in [-0.05, 0) is 40.8 Å². The zero-order valence-electron chi connectivity index (χ0n) is 11.7. The van der Waals surface area contributed by atoms with E-state index in [1.165, 1.54) is 6.04 Å². The Balaban J connectivity index is 2.14. The summed E-state index contributed by atoms with van der Waals surface area (Å²) in [6.45, 7) is 8.44. The first-order valence-corrected chi connectivity index (χ1v) is 12.6. The molecule has 0 saturated heterocycles. The number of rotatable bonds is 5. The van der Waals surface area contributed by atoms with E-state index in [-0.39, 0.29) is 0 Å². The molecule has 0 radical (unpaired) electrons. The summed E-state index contributed by atoms with van der Waals surface area (Å²) in [5.74, 6) is 0. The van der Waals surface area contributed by atoms with Gasteiger partial charge in [-0.25, -0.2) is 4.98 Å². The largest absolute Gasteiger partial charge is 0.361 e. The first-order chi connectivity index (χ1) is 9.28. The number of nitrogens with zero attached hydrogens (tertiary/aromatic N) is 2. The summed E-state index contributed by atoms with van der Waals surface area (Å²) in [5.41, 5.74) is 2.00. The van der Waals surface area contributed by atoms with Crippen molar-refractivity contribution >= 4 is 75.9 Å². The van der Waals surface area contributed by atoms with Crippen molar-refractivity contribution in [2.75, 3.05) is 6.61 Å². The van der Waals surface area contributed by atoms with Crippen molar-refractivity contribution in [3.63, 3.8) is 0 Å². The molecule has 3 nitrogen and oxygen atoms in total. The number of fused-ring (bicyclic) bond motifs is 1. The number of benzene rings is 1. The van der Waals surface area contributed by atoms with Gasteiger partial charge in [-0.2, -0.15) is 0 Å². The minimum atomic E-state index is -1.03. The Labute approximate surface area is 152 Å². The van der Waals surface area contributed by atoms with Crippen LogP contribution < -0.4 is 0 Å². The molecule has 1 heterocycles. The molecule has 0 saturated carbocycles. The highest BCUT2D eigenvalue weighted by Crippen LogP contribution is 2.26. The zero-order chi connectivity index (χ0) is 14.9. The fourth-order valence-electron chi connectivity index (χ4n) is 1.75. The Morgan fingerprint density at radius 1 is 1.30 bits per heavy atom. The molecule has 7 heteroatoms. The monoisotopic (exact) mass is 534 g/mol. The van der Waals surface area contributed by atoms with Crippen LogP contribution in [-0.4, -0.2) is 24.2 Å². The van der Waals surface area contributed by atoms with Gasteiger partial charge in [0.15, 0.2) is 3.83 Å². The molecule has 20 heavy (non-hydrogen) atoms. The summed E-state index contributed by atoms with van der Waals surface area (Å²) >= 11 is 10.6. The van der Waals surface area contributed by atoms with Gasteiger partial charge in [0.2, 0.25) is 0 Å². The second kappa shape index (κ2) is 6.80. The van der Waals surface area contributed by atoms with Crippen LogP contribution in [-0.2, 0) is 11.5 Å². The molecular formula is C13H17ClI2N2OSi. The maximum Gasteiger partial charge on any atom is 0.174 e. The lowest BCUT2D eigenvalue weighted by Crippen LogP contribution is -2.22. The topological polar surface area (TPSA) is 27.1 Å². The van der Waals surface area contributed by atoms with Crippen LogP contribution in [0.4, 0.5) is 0 Å². The van der Waals surface area contributed by atoms with Crippen molar-refractivity contribution in [2.24, 2.45) is 0 Å². The van der Waals surface area contributed by atoms with E-state index in [9.17, 15) is 0 Å². The number of imidazole rings is 1. The van der Waals surface area contributed by atoms with Crippen LogP contribution in [0.1, 0.15) is 0 Å². The van der Waals surface area contributed by atoms with E-state index < -0.39 is 8.07 Å². The van der Waals surface area contributed by atoms with E-state index >= 15 is 0 Å². The van der Waals surface area contributed by atoms with Gasteiger partial charge in [0.25, 0.3) is 0 Å². The molecule has 0 spiro atoms. The van der Waals surface area contributed by atoms with Crippen LogP contribution in [0.3, 0.4) is 0 Å². The molecule has 1 aromatic carbocycles. The maximum atomic E-state index is 6.14. The number of halogens is 3. The van der Waals surface area contributed by atoms with Crippen LogP contribution in [0.5, 0.6) is 0 Å². The van der Waals surface area contributed by atoms with E-state index in [0.29, 0.717) is 6.73 Å². The summed E-state index contributed by atoms with van der Waals surface area (Å²) in [4.78, 5) is 4.53. The minimum Gasteiger partial charge on any atom is -0.361 e. The Kier molecular flexibility index (Phi) is 5.77. The number of aromatic nitrogens is 2.